The molecule has 0 rings (SSSR count). The van der Waals surface area contributed by atoms with Crippen molar-refractivity contribution in [2.24, 2.45) is 0 Å². The second-order valence-corrected chi connectivity index (χ2v) is 1.22. The molecule has 4 nitrogen and oxygen atoms in total. The topological polar surface area (TPSA) is 80.3 Å². The Bertz CT molecular complexity index is 99.2. The van der Waals surface area contributed by atoms with E-state index in [1.54, 1.807) is 0 Å². The molecule has 8 heavy (non-hydrogen) atoms. The van der Waals surface area contributed by atoms with E-state index in [4.69, 9.17) is 17.5 Å². The maximum Gasteiger partial charge on any atom is 2.00 e. The van der Waals surface area contributed by atoms with Crippen LogP contribution in [0.4, 0.5) is 0 Å². The maximum absolute atomic E-state index is 8.52. The molecule has 0 aromatic rings. The van der Waals surface area contributed by atoms with Crippen LogP contribution in [0, 0.1) is 0 Å². The smallest absolute Gasteiger partial charge is 1.00 e. The van der Waals surface area contributed by atoms with Crippen molar-refractivity contribution in [2.75, 3.05) is 0 Å². The third kappa shape index (κ3) is 88.5. The van der Waals surface area contributed by atoms with Gasteiger partial charge in [-0.2, -0.15) is 0 Å². The molecule has 0 aliphatic carbocycles. The van der Waals surface area contributed by atoms with Crippen molar-refractivity contribution in [1.82, 2.24) is 0 Å². The van der Waals surface area contributed by atoms with Gasteiger partial charge in [-0.3, -0.25) is 8.42 Å². The van der Waals surface area contributed by atoms with E-state index in [1.807, 2.05) is 0 Å². The van der Waals surface area contributed by atoms with Gasteiger partial charge in [-0.25, -0.2) is 0 Å². The van der Waals surface area contributed by atoms with Gasteiger partial charge in [0.2, 0.25) is 0 Å². The minimum absolute atomic E-state index is 0. The largest absolute Gasteiger partial charge is 2.00 e. The molecule has 0 aromatic heterocycles. The minimum Gasteiger partial charge on any atom is -1.00 e. The predicted octanol–water partition coefficient (Wildman–Crippen LogP) is -5.10. The molecule has 0 saturated heterocycles. The molecule has 0 N–H and O–H groups in total. The molecule has 0 spiro atoms. The Labute approximate surface area is 99.5 Å². The van der Waals surface area contributed by atoms with Crippen LogP contribution in [0.2, 0.25) is 0 Å². The Kier molecular flexibility index (Phi) is 25.8. The van der Waals surface area contributed by atoms with Gasteiger partial charge in [-0.15, -0.1) is 0 Å². The maximum atomic E-state index is 8.52. The van der Waals surface area contributed by atoms with Crippen LogP contribution in [-0.2, 0) is 10.4 Å². The van der Waals surface area contributed by atoms with Crippen LogP contribution in [-0.4, -0.2) is 78.3 Å². The Hall–Kier alpha value is 2.19. The van der Waals surface area contributed by atoms with E-state index < -0.39 is 10.4 Å². The van der Waals surface area contributed by atoms with Crippen molar-refractivity contribution in [3.8, 4) is 0 Å². The third-order valence-electron chi connectivity index (χ3n) is 0. The number of hydrogen-bond acceptors (Lipinski definition) is 4. The van der Waals surface area contributed by atoms with Crippen molar-refractivity contribution < 1.29 is 29.9 Å². The second kappa shape index (κ2) is 9.19. The van der Waals surface area contributed by atoms with Gasteiger partial charge >= 0.3 is 60.8 Å². The van der Waals surface area contributed by atoms with Crippen LogP contribution >= 0.6 is 0 Å². The summed E-state index contributed by atoms with van der Waals surface area (Å²) >= 11 is 0. The second-order valence-electron chi connectivity index (χ2n) is 0.408. The predicted molar refractivity (Wildman–Crippen MR) is 22.0 cm³/mol. The summed E-state index contributed by atoms with van der Waals surface area (Å²) in [6, 6.07) is 0. The Morgan fingerprint density at radius 1 is 1.12 bits per heavy atom. The van der Waals surface area contributed by atoms with Crippen molar-refractivity contribution in [3.63, 3.8) is 0 Å². The molecule has 0 fully saturated rings. The molecule has 0 amide bonds. The molecule has 40 valence electrons. The van der Waals surface area contributed by atoms with E-state index in [1.165, 1.54) is 0 Å². The number of halogens is 1. The summed E-state index contributed by atoms with van der Waals surface area (Å²) in [5.74, 6) is 0. The quantitative estimate of drug-likeness (QED) is 0.220. The molecule has 0 atom stereocenters. The molecule has 0 aromatic carbocycles. The molecular weight excluding hydrogens is 196 g/mol. The molecule has 0 aliphatic heterocycles. The summed E-state index contributed by atoms with van der Waals surface area (Å²) in [6.45, 7) is 0. The van der Waals surface area contributed by atoms with E-state index in [9.17, 15) is 0 Å². The van der Waals surface area contributed by atoms with E-state index in [2.05, 4.69) is 0 Å². The molecule has 8 heteroatoms. The van der Waals surface area contributed by atoms with Crippen LogP contribution in [0.1, 0.15) is 0 Å². The zero-order chi connectivity index (χ0) is 4.50. The van der Waals surface area contributed by atoms with Gasteiger partial charge < -0.3 is 21.5 Å². The van der Waals surface area contributed by atoms with Gasteiger partial charge in [0.05, 0.1) is 0 Å². The summed E-state index contributed by atoms with van der Waals surface area (Å²) < 4.78 is 34.1. The Morgan fingerprint density at radius 2 is 1.12 bits per heavy atom. The Balaban J connectivity index is -0.0000000267. The molecule has 0 heterocycles. The fourth-order valence-electron chi connectivity index (χ4n) is 0. The molecule has 0 unspecified atom stereocenters. The zero-order valence-corrected chi connectivity index (χ0v) is 9.03. The SMILES string of the molecule is O=S(=O)([O-])[O-].[Ca+2].[Cl-].[Mg+2]. The van der Waals surface area contributed by atoms with E-state index in [-0.39, 0.29) is 73.2 Å². The fraction of sp³-hybridized carbons (Fsp3) is 0. The number of hydrogen-bond donors (Lipinski definition) is 0. The first kappa shape index (κ1) is 22.5. The molecular formula is CaClMgO4S+. The van der Waals surface area contributed by atoms with Crippen LogP contribution in [0.25, 0.3) is 0 Å². The first-order chi connectivity index (χ1) is 2.00. The first-order valence-corrected chi connectivity index (χ1v) is 2.00. The fourth-order valence-corrected chi connectivity index (χ4v) is 0. The molecule has 0 saturated carbocycles. The summed E-state index contributed by atoms with van der Waals surface area (Å²) in [4.78, 5) is 0. The zero-order valence-electron chi connectivity index (χ0n) is 3.83. The van der Waals surface area contributed by atoms with Gasteiger partial charge in [0.25, 0.3) is 0 Å². The van der Waals surface area contributed by atoms with E-state index in [0.717, 1.165) is 0 Å². The summed E-state index contributed by atoms with van der Waals surface area (Å²) in [6.07, 6.45) is 0. The number of rotatable bonds is 0. The standard InChI is InChI=1S/Ca.ClH.Mg.H2O4S/c;;;1-5(2,3)4/h;1H;;(H2,1,2,3,4)/q+2;;+2;/p-3. The van der Waals surface area contributed by atoms with Gasteiger partial charge in [-0.1, -0.05) is 0 Å². The van der Waals surface area contributed by atoms with Crippen molar-refractivity contribution in [1.29, 1.82) is 0 Å². The Morgan fingerprint density at radius 3 is 1.12 bits per heavy atom. The first-order valence-electron chi connectivity index (χ1n) is 0.667. The summed E-state index contributed by atoms with van der Waals surface area (Å²) in [7, 11) is -5.17. The third-order valence-corrected chi connectivity index (χ3v) is 0. The van der Waals surface area contributed by atoms with Crippen molar-refractivity contribution in [3.05, 3.63) is 0 Å². The normalized spacial score (nSPS) is 7.25. The molecule has 0 bridgehead atoms. The van der Waals surface area contributed by atoms with Crippen molar-refractivity contribution in [2.45, 2.75) is 0 Å². The minimum atomic E-state index is -5.17. The van der Waals surface area contributed by atoms with Crippen LogP contribution in [0.3, 0.4) is 0 Å². The average molecular weight is 196 g/mol. The van der Waals surface area contributed by atoms with Gasteiger partial charge in [0, 0.05) is 10.4 Å². The van der Waals surface area contributed by atoms with Gasteiger partial charge in [0.15, 0.2) is 0 Å². The van der Waals surface area contributed by atoms with E-state index >= 15 is 0 Å². The van der Waals surface area contributed by atoms with Gasteiger partial charge in [0.1, 0.15) is 0 Å². The van der Waals surface area contributed by atoms with Crippen LogP contribution in [0.5, 0.6) is 0 Å². The van der Waals surface area contributed by atoms with Gasteiger partial charge in [-0.05, 0) is 0 Å². The molecule has 0 aliphatic rings. The average Bonchev–Trinajstić information content (AvgIpc) is 0.722. The summed E-state index contributed by atoms with van der Waals surface area (Å²) in [5.41, 5.74) is 0. The monoisotopic (exact) mass is 195 g/mol. The van der Waals surface area contributed by atoms with Crippen molar-refractivity contribution >= 4 is 71.2 Å². The summed E-state index contributed by atoms with van der Waals surface area (Å²) in [5, 5.41) is 0. The molecule has 0 radical (unpaired) electrons. The van der Waals surface area contributed by atoms with Crippen LogP contribution < -0.4 is 12.4 Å². The van der Waals surface area contributed by atoms with Crippen LogP contribution in [0.15, 0.2) is 0 Å². The van der Waals surface area contributed by atoms with E-state index in [0.29, 0.717) is 0 Å².